The molecule has 3 rings (SSSR count). The molecule has 1 aliphatic heterocycles. The van der Waals surface area contributed by atoms with E-state index in [2.05, 4.69) is 9.64 Å². The highest BCUT2D eigenvalue weighted by molar-refractivity contribution is 5.98. The van der Waals surface area contributed by atoms with E-state index in [-0.39, 0.29) is 16.7 Å². The molecule has 1 saturated heterocycles. The molecule has 7 heteroatoms. The van der Waals surface area contributed by atoms with Crippen molar-refractivity contribution in [2.24, 2.45) is 0 Å². The molecule has 3 heterocycles. The fourth-order valence-corrected chi connectivity index (χ4v) is 3.16. The highest BCUT2D eigenvalue weighted by Gasteiger charge is 2.21. The van der Waals surface area contributed by atoms with Gasteiger partial charge in [0.05, 0.1) is 12.7 Å². The fourth-order valence-electron chi connectivity index (χ4n) is 3.16. The van der Waals surface area contributed by atoms with Gasteiger partial charge in [-0.25, -0.2) is 9.78 Å². The van der Waals surface area contributed by atoms with E-state index in [1.165, 1.54) is 17.6 Å². The van der Waals surface area contributed by atoms with Gasteiger partial charge in [0, 0.05) is 19.3 Å². The van der Waals surface area contributed by atoms with Crippen LogP contribution in [0.5, 0.6) is 0 Å². The fraction of sp³-hybridized carbons (Fsp3) is 0.368. The van der Waals surface area contributed by atoms with Crippen molar-refractivity contribution in [2.45, 2.75) is 26.2 Å². The molecule has 0 N–H and O–H groups in total. The summed E-state index contributed by atoms with van der Waals surface area (Å²) in [7, 11) is 1.20. The van der Waals surface area contributed by atoms with Crippen LogP contribution in [0, 0.1) is 18.3 Å². The summed E-state index contributed by atoms with van der Waals surface area (Å²) in [6.07, 6.45) is 6.10. The van der Waals surface area contributed by atoms with Gasteiger partial charge in [-0.05, 0) is 43.9 Å². The Bertz CT molecular complexity index is 979. The van der Waals surface area contributed by atoms with Crippen molar-refractivity contribution >= 4 is 23.5 Å². The van der Waals surface area contributed by atoms with E-state index in [0.29, 0.717) is 11.5 Å². The van der Waals surface area contributed by atoms with Gasteiger partial charge in [0.2, 0.25) is 0 Å². The molecule has 0 radical (unpaired) electrons. The van der Waals surface area contributed by atoms with Crippen LogP contribution in [0.1, 0.15) is 30.4 Å². The average Bonchev–Trinajstić information content (AvgIpc) is 2.68. The molecule has 2 aromatic rings. The number of methoxy groups -OCH3 is 1. The summed E-state index contributed by atoms with van der Waals surface area (Å²) >= 11 is 0. The normalized spacial score (nSPS) is 15.0. The largest absolute Gasteiger partial charge is 0.465 e. The lowest BCUT2D eigenvalue weighted by Crippen LogP contribution is -2.33. The van der Waals surface area contributed by atoms with Crippen molar-refractivity contribution < 1.29 is 9.53 Å². The topological polar surface area (TPSA) is 87.7 Å². The number of piperidine rings is 1. The van der Waals surface area contributed by atoms with Crippen LogP contribution in [-0.4, -0.2) is 35.6 Å². The van der Waals surface area contributed by atoms with Crippen molar-refractivity contribution in [1.82, 2.24) is 9.38 Å². The Hall–Kier alpha value is -3.14. The van der Waals surface area contributed by atoms with Crippen LogP contribution in [0.2, 0.25) is 0 Å². The van der Waals surface area contributed by atoms with Gasteiger partial charge < -0.3 is 9.64 Å². The van der Waals surface area contributed by atoms with E-state index in [1.807, 2.05) is 19.1 Å². The van der Waals surface area contributed by atoms with Crippen molar-refractivity contribution in [1.29, 1.82) is 5.26 Å². The first-order chi connectivity index (χ1) is 12.6. The third-order valence-corrected chi connectivity index (χ3v) is 4.53. The molecule has 1 aliphatic rings. The van der Waals surface area contributed by atoms with Crippen molar-refractivity contribution in [3.05, 3.63) is 45.4 Å². The van der Waals surface area contributed by atoms with Gasteiger partial charge >= 0.3 is 5.97 Å². The first-order valence-electron chi connectivity index (χ1n) is 8.54. The lowest BCUT2D eigenvalue weighted by Gasteiger charge is -2.29. The Balaban J connectivity index is 2.30. The molecule has 0 unspecified atom stereocenters. The Labute approximate surface area is 151 Å². The molecule has 0 atom stereocenters. The van der Waals surface area contributed by atoms with Crippen LogP contribution < -0.4 is 10.5 Å². The van der Waals surface area contributed by atoms with Gasteiger partial charge in [-0.2, -0.15) is 5.26 Å². The van der Waals surface area contributed by atoms with Gasteiger partial charge in [-0.1, -0.05) is 6.07 Å². The van der Waals surface area contributed by atoms with E-state index >= 15 is 0 Å². The molecule has 26 heavy (non-hydrogen) atoms. The summed E-state index contributed by atoms with van der Waals surface area (Å²) in [5, 5.41) is 9.28. The molecule has 134 valence electrons. The maximum absolute atomic E-state index is 13.1. The first kappa shape index (κ1) is 17.7. The standard InChI is InChI=1S/C19H20N4O3/c1-13-7-6-10-23-16(13)21-17(22-8-4-3-5-9-22)15(18(23)24)11-14(12-20)19(25)26-2/h6-7,10-11H,3-5,8-9H2,1-2H3. The number of aryl methyl sites for hydroxylation is 1. The number of nitrogens with zero attached hydrogens (tertiary/aromatic N) is 4. The summed E-state index contributed by atoms with van der Waals surface area (Å²) in [5.41, 5.74) is 1.16. The number of carbonyl (C=O) groups excluding carboxylic acids is 1. The SMILES string of the molecule is COC(=O)C(C#N)=Cc1c(N2CCCCC2)nc2c(C)cccn2c1=O. The van der Waals surface area contributed by atoms with Crippen LogP contribution in [-0.2, 0) is 9.53 Å². The van der Waals surface area contributed by atoms with Crippen molar-refractivity contribution in [3.8, 4) is 6.07 Å². The number of nitriles is 1. The van der Waals surface area contributed by atoms with E-state index in [9.17, 15) is 14.9 Å². The number of hydrogen-bond acceptors (Lipinski definition) is 6. The number of ether oxygens (including phenoxy) is 1. The van der Waals surface area contributed by atoms with Crippen LogP contribution in [0.4, 0.5) is 5.82 Å². The number of rotatable bonds is 3. The lowest BCUT2D eigenvalue weighted by atomic mass is 10.1. The van der Waals surface area contributed by atoms with Gasteiger partial charge in [0.25, 0.3) is 5.56 Å². The number of hydrogen-bond donors (Lipinski definition) is 0. The Morgan fingerprint density at radius 3 is 2.73 bits per heavy atom. The summed E-state index contributed by atoms with van der Waals surface area (Å²) in [4.78, 5) is 31.7. The highest BCUT2D eigenvalue weighted by Crippen LogP contribution is 2.23. The number of aromatic nitrogens is 2. The van der Waals surface area contributed by atoms with Crippen molar-refractivity contribution in [3.63, 3.8) is 0 Å². The summed E-state index contributed by atoms with van der Waals surface area (Å²) in [5.74, 6) is -0.258. The Morgan fingerprint density at radius 1 is 1.35 bits per heavy atom. The Morgan fingerprint density at radius 2 is 2.08 bits per heavy atom. The second-order valence-corrected chi connectivity index (χ2v) is 6.25. The molecule has 7 nitrogen and oxygen atoms in total. The molecule has 0 saturated carbocycles. The summed E-state index contributed by atoms with van der Waals surface area (Å²) in [6.45, 7) is 3.47. The van der Waals surface area contributed by atoms with Gasteiger partial charge in [-0.3, -0.25) is 9.20 Å². The maximum atomic E-state index is 13.1. The van der Waals surface area contributed by atoms with Crippen LogP contribution in [0.25, 0.3) is 11.7 Å². The van der Waals surface area contributed by atoms with Crippen LogP contribution >= 0.6 is 0 Å². The molecule has 2 aromatic heterocycles. The van der Waals surface area contributed by atoms with Gasteiger partial charge in [-0.15, -0.1) is 0 Å². The second kappa shape index (κ2) is 7.40. The predicted octanol–water partition coefficient (Wildman–Crippen LogP) is 2.07. The number of fused-ring (bicyclic) bond motifs is 1. The molecular formula is C19H20N4O3. The monoisotopic (exact) mass is 352 g/mol. The maximum Gasteiger partial charge on any atom is 0.348 e. The zero-order chi connectivity index (χ0) is 18.7. The minimum atomic E-state index is -0.772. The average molecular weight is 352 g/mol. The number of anilines is 1. The van der Waals surface area contributed by atoms with E-state index in [0.717, 1.165) is 37.9 Å². The molecule has 1 fully saturated rings. The number of pyridine rings is 1. The minimum absolute atomic E-state index is 0.225. The smallest absolute Gasteiger partial charge is 0.348 e. The molecule has 0 aromatic carbocycles. The second-order valence-electron chi connectivity index (χ2n) is 6.25. The lowest BCUT2D eigenvalue weighted by molar-refractivity contribution is -0.135. The van der Waals surface area contributed by atoms with E-state index in [1.54, 1.807) is 12.3 Å². The van der Waals surface area contributed by atoms with Crippen molar-refractivity contribution in [2.75, 3.05) is 25.1 Å². The van der Waals surface area contributed by atoms with Crippen LogP contribution in [0.15, 0.2) is 28.7 Å². The zero-order valence-corrected chi connectivity index (χ0v) is 14.9. The molecule has 0 amide bonds. The molecule has 0 bridgehead atoms. The quantitative estimate of drug-likeness (QED) is 0.477. The first-order valence-corrected chi connectivity index (χ1v) is 8.54. The summed E-state index contributed by atoms with van der Waals surface area (Å²) in [6, 6.07) is 5.47. The third-order valence-electron chi connectivity index (χ3n) is 4.53. The molecule has 0 aliphatic carbocycles. The van der Waals surface area contributed by atoms with E-state index < -0.39 is 5.97 Å². The van der Waals surface area contributed by atoms with Gasteiger partial charge in [0.15, 0.2) is 0 Å². The van der Waals surface area contributed by atoms with Gasteiger partial charge in [0.1, 0.15) is 23.1 Å². The predicted molar refractivity (Wildman–Crippen MR) is 97.9 cm³/mol. The zero-order valence-electron chi connectivity index (χ0n) is 14.9. The minimum Gasteiger partial charge on any atom is -0.465 e. The van der Waals surface area contributed by atoms with E-state index in [4.69, 9.17) is 4.98 Å². The number of esters is 1. The third kappa shape index (κ3) is 3.18. The Kier molecular flexibility index (Phi) is 5.03. The highest BCUT2D eigenvalue weighted by atomic mass is 16.5. The molecule has 0 spiro atoms. The van der Waals surface area contributed by atoms with Crippen LogP contribution in [0.3, 0.4) is 0 Å². The summed E-state index contributed by atoms with van der Waals surface area (Å²) < 4.78 is 6.08. The molecular weight excluding hydrogens is 332 g/mol. The number of carbonyl (C=O) groups is 1.